The van der Waals surface area contributed by atoms with Gasteiger partial charge in [0.1, 0.15) is 0 Å². The van der Waals surface area contributed by atoms with Crippen molar-refractivity contribution in [3.05, 3.63) is 35.4 Å². The van der Waals surface area contributed by atoms with Crippen molar-refractivity contribution in [2.24, 2.45) is 5.92 Å². The van der Waals surface area contributed by atoms with E-state index in [0.29, 0.717) is 12.3 Å². The summed E-state index contributed by atoms with van der Waals surface area (Å²) in [5, 5.41) is 1.05. The predicted molar refractivity (Wildman–Crippen MR) is 82.5 cm³/mol. The maximum Gasteiger partial charge on any atom is 0.409 e. The Morgan fingerprint density at radius 3 is 2.43 bits per heavy atom. The van der Waals surface area contributed by atoms with E-state index in [4.69, 9.17) is 0 Å². The molecule has 0 spiro atoms. The Bertz CT molecular complexity index is 581. The first-order valence-corrected chi connectivity index (χ1v) is 7.75. The largest absolute Gasteiger partial charge is 0.409 e. The van der Waals surface area contributed by atoms with Crippen molar-refractivity contribution in [2.75, 3.05) is 0 Å². The lowest BCUT2D eigenvalue weighted by molar-refractivity contribution is -0.203. The number of hydrogen-bond acceptors (Lipinski definition) is 2. The molecule has 0 aliphatic carbocycles. The second-order valence-corrected chi connectivity index (χ2v) is 7.18. The zero-order valence-electron chi connectivity index (χ0n) is 13.9. The molecule has 128 valence electrons. The summed E-state index contributed by atoms with van der Waals surface area (Å²) in [6.07, 6.45) is -3.72. The summed E-state index contributed by atoms with van der Waals surface area (Å²) in [6.45, 7) is 7.33. The second-order valence-electron chi connectivity index (χ2n) is 7.18. The van der Waals surface area contributed by atoms with Crippen molar-refractivity contribution in [2.45, 2.75) is 58.3 Å². The highest BCUT2D eigenvalue weighted by molar-refractivity contribution is 5.79. The number of hydrazine groups is 1. The summed E-state index contributed by atoms with van der Waals surface area (Å²) in [4.78, 5) is 11.6. The summed E-state index contributed by atoms with van der Waals surface area (Å²) in [5.41, 5.74) is 2.52. The van der Waals surface area contributed by atoms with Crippen LogP contribution in [0.4, 0.5) is 13.2 Å². The maximum absolute atomic E-state index is 13.7. The molecule has 1 aromatic rings. The zero-order chi connectivity index (χ0) is 17.4. The maximum atomic E-state index is 13.7. The number of hydrogen-bond donors (Lipinski definition) is 1. The van der Waals surface area contributed by atoms with Crippen LogP contribution in [0.1, 0.15) is 51.3 Å². The molecule has 23 heavy (non-hydrogen) atoms. The van der Waals surface area contributed by atoms with E-state index in [0.717, 1.165) is 10.6 Å². The Morgan fingerprint density at radius 1 is 1.30 bits per heavy atom. The van der Waals surface area contributed by atoms with Crippen molar-refractivity contribution in [3.63, 3.8) is 0 Å². The molecule has 0 radical (unpaired) electrons. The van der Waals surface area contributed by atoms with E-state index >= 15 is 0 Å². The number of amides is 1. The minimum absolute atomic E-state index is 0.0469. The lowest BCUT2D eigenvalue weighted by Crippen LogP contribution is -2.51. The number of rotatable bonds is 4. The highest BCUT2D eigenvalue weighted by Crippen LogP contribution is 2.42. The molecule has 3 nitrogen and oxygen atoms in total. The Labute approximate surface area is 134 Å². The van der Waals surface area contributed by atoms with Gasteiger partial charge in [0, 0.05) is 12.0 Å². The number of benzene rings is 1. The van der Waals surface area contributed by atoms with Crippen LogP contribution in [0.25, 0.3) is 0 Å². The fourth-order valence-corrected chi connectivity index (χ4v) is 3.06. The molecule has 1 aliphatic heterocycles. The van der Waals surface area contributed by atoms with E-state index < -0.39 is 17.8 Å². The lowest BCUT2D eigenvalue weighted by atomic mass is 9.94. The van der Waals surface area contributed by atoms with Crippen molar-refractivity contribution >= 4 is 5.91 Å². The van der Waals surface area contributed by atoms with E-state index in [1.807, 2.05) is 19.9 Å². The molecule has 0 aromatic heterocycles. The molecule has 1 aliphatic rings. The van der Waals surface area contributed by atoms with Gasteiger partial charge in [0.15, 0.2) is 6.04 Å². The van der Waals surface area contributed by atoms with Crippen LogP contribution in [0, 0.1) is 5.92 Å². The molecule has 1 N–H and O–H groups in total. The third-order valence-corrected chi connectivity index (χ3v) is 3.97. The van der Waals surface area contributed by atoms with Gasteiger partial charge in [-0.25, -0.2) is 0 Å². The molecule has 0 bridgehead atoms. The third kappa shape index (κ3) is 4.05. The van der Waals surface area contributed by atoms with Gasteiger partial charge in [-0.2, -0.15) is 18.2 Å². The van der Waals surface area contributed by atoms with Gasteiger partial charge in [0.05, 0.1) is 0 Å². The molecule has 1 saturated heterocycles. The molecular weight excluding hydrogens is 305 g/mol. The Morgan fingerprint density at radius 2 is 1.96 bits per heavy atom. The van der Waals surface area contributed by atoms with Gasteiger partial charge in [-0.3, -0.25) is 10.2 Å². The molecule has 1 amide bonds. The zero-order valence-corrected chi connectivity index (χ0v) is 13.9. The van der Waals surface area contributed by atoms with Crippen LogP contribution in [-0.4, -0.2) is 22.6 Å². The minimum Gasteiger partial charge on any atom is -0.287 e. The first-order chi connectivity index (χ1) is 10.5. The van der Waals surface area contributed by atoms with E-state index in [1.54, 1.807) is 26.0 Å². The molecule has 2 rings (SSSR count). The van der Waals surface area contributed by atoms with Crippen LogP contribution in [0.5, 0.6) is 0 Å². The van der Waals surface area contributed by atoms with Crippen molar-refractivity contribution < 1.29 is 18.0 Å². The standard InChI is InChI=1S/C17H23F3N2O/c1-11(2)8-12-6-5-7-13(9-12)15(17(18,19)20)22-16(3,4)10-14(23)21-22/h5-7,9,11,15H,8,10H2,1-4H3,(H,21,23)/t15-/m0/s1. The van der Waals surface area contributed by atoms with Crippen molar-refractivity contribution in [1.29, 1.82) is 0 Å². The van der Waals surface area contributed by atoms with Crippen molar-refractivity contribution in [1.82, 2.24) is 10.4 Å². The van der Waals surface area contributed by atoms with E-state index in [9.17, 15) is 18.0 Å². The third-order valence-electron chi connectivity index (χ3n) is 3.97. The molecule has 6 heteroatoms. The number of alkyl halides is 3. The normalized spacial score (nSPS) is 19.9. The highest BCUT2D eigenvalue weighted by atomic mass is 19.4. The molecule has 1 heterocycles. The monoisotopic (exact) mass is 328 g/mol. The number of carbonyl (C=O) groups excluding carboxylic acids is 1. The summed E-state index contributed by atoms with van der Waals surface area (Å²) < 4.78 is 41.2. The van der Waals surface area contributed by atoms with E-state index in [-0.39, 0.29) is 17.9 Å². The topological polar surface area (TPSA) is 32.3 Å². The van der Waals surface area contributed by atoms with Gasteiger partial charge < -0.3 is 0 Å². The molecule has 0 saturated carbocycles. The van der Waals surface area contributed by atoms with Gasteiger partial charge in [0.2, 0.25) is 5.91 Å². The van der Waals surface area contributed by atoms with Crippen LogP contribution in [0.15, 0.2) is 24.3 Å². The number of nitrogens with one attached hydrogen (secondary N) is 1. The van der Waals surface area contributed by atoms with Gasteiger partial charge in [0.25, 0.3) is 0 Å². The van der Waals surface area contributed by atoms with Crippen LogP contribution < -0.4 is 5.43 Å². The number of carbonyl (C=O) groups is 1. The Hall–Kier alpha value is -1.56. The SMILES string of the molecule is CC(C)Cc1cccc([C@H](N2NC(=O)CC2(C)C)C(F)(F)F)c1. The molecule has 1 atom stereocenters. The van der Waals surface area contributed by atoms with E-state index in [1.165, 1.54) is 6.07 Å². The second kappa shape index (κ2) is 6.15. The first-order valence-electron chi connectivity index (χ1n) is 7.75. The average molecular weight is 328 g/mol. The van der Waals surface area contributed by atoms with Crippen LogP contribution in [-0.2, 0) is 11.2 Å². The number of halogens is 3. The average Bonchev–Trinajstić information content (AvgIpc) is 2.60. The van der Waals surface area contributed by atoms with Gasteiger partial charge in [-0.15, -0.1) is 0 Å². The smallest absolute Gasteiger partial charge is 0.287 e. The summed E-state index contributed by atoms with van der Waals surface area (Å²) in [6, 6.07) is 4.71. The fraction of sp³-hybridized carbons (Fsp3) is 0.588. The van der Waals surface area contributed by atoms with Gasteiger partial charge in [-0.1, -0.05) is 38.1 Å². The van der Waals surface area contributed by atoms with Crippen LogP contribution in [0.3, 0.4) is 0 Å². The summed E-state index contributed by atoms with van der Waals surface area (Å²) in [5.74, 6) is -0.0277. The van der Waals surface area contributed by atoms with Gasteiger partial charge in [-0.05, 0) is 37.3 Å². The van der Waals surface area contributed by atoms with Crippen molar-refractivity contribution in [3.8, 4) is 0 Å². The molecule has 0 unspecified atom stereocenters. The molecule has 1 aromatic carbocycles. The first kappa shape index (κ1) is 17.8. The fourth-order valence-electron chi connectivity index (χ4n) is 3.06. The van der Waals surface area contributed by atoms with Crippen LogP contribution in [0.2, 0.25) is 0 Å². The van der Waals surface area contributed by atoms with Crippen LogP contribution >= 0.6 is 0 Å². The lowest BCUT2D eigenvalue weighted by Gasteiger charge is -2.38. The summed E-state index contributed by atoms with van der Waals surface area (Å²) >= 11 is 0. The van der Waals surface area contributed by atoms with E-state index in [2.05, 4.69) is 5.43 Å². The summed E-state index contributed by atoms with van der Waals surface area (Å²) in [7, 11) is 0. The Kier molecular flexibility index (Phi) is 4.76. The minimum atomic E-state index is -4.48. The molecular formula is C17H23F3N2O. The quantitative estimate of drug-likeness (QED) is 0.906. The predicted octanol–water partition coefficient (Wildman–Crippen LogP) is 4.00. The Balaban J connectivity index is 2.43. The number of nitrogens with zero attached hydrogens (tertiary/aromatic N) is 1. The van der Waals surface area contributed by atoms with Gasteiger partial charge >= 0.3 is 6.18 Å². The molecule has 1 fully saturated rings. The highest BCUT2D eigenvalue weighted by Gasteiger charge is 2.52.